The molecule has 0 aliphatic rings. The third kappa shape index (κ3) is 5.63. The number of hydrogen-bond donors (Lipinski definition) is 0. The highest BCUT2D eigenvalue weighted by atomic mass is 16.3. The predicted molar refractivity (Wildman–Crippen MR) is 217 cm³/mol. The largest absolute Gasteiger partial charge is 0.455 e. The van der Waals surface area contributed by atoms with Crippen LogP contribution in [0.25, 0.3) is 100 Å². The highest BCUT2D eigenvalue weighted by Crippen LogP contribution is 2.41. The topological polar surface area (TPSA) is 51.8 Å². The van der Waals surface area contributed by atoms with Crippen LogP contribution in [0.2, 0.25) is 0 Å². The Labute approximate surface area is 306 Å². The molecular weight excluding hydrogens is 647 g/mol. The number of rotatable bonds is 6. The van der Waals surface area contributed by atoms with Crippen LogP contribution in [0.4, 0.5) is 0 Å². The second kappa shape index (κ2) is 12.9. The predicted octanol–water partition coefficient (Wildman–Crippen LogP) is 12.9. The first kappa shape index (κ1) is 30.6. The van der Waals surface area contributed by atoms with Crippen LogP contribution in [0.1, 0.15) is 0 Å². The third-order valence-electron chi connectivity index (χ3n) is 9.94. The van der Waals surface area contributed by atoms with Gasteiger partial charge in [0.2, 0.25) is 0 Å². The number of para-hydroxylation sites is 1. The van der Waals surface area contributed by atoms with E-state index in [0.717, 1.165) is 82.8 Å². The molecule has 4 nitrogen and oxygen atoms in total. The number of benzene rings is 8. The van der Waals surface area contributed by atoms with Gasteiger partial charge in [0.25, 0.3) is 0 Å². The first-order valence-corrected chi connectivity index (χ1v) is 17.8. The van der Waals surface area contributed by atoms with Crippen LogP contribution in [0.3, 0.4) is 0 Å². The molecule has 0 saturated heterocycles. The van der Waals surface area contributed by atoms with Crippen LogP contribution in [-0.4, -0.2) is 15.0 Å². The molecule has 0 aliphatic carbocycles. The maximum Gasteiger partial charge on any atom is 0.164 e. The fraction of sp³-hybridized carbons (Fsp3) is 0. The summed E-state index contributed by atoms with van der Waals surface area (Å²) in [7, 11) is 0. The van der Waals surface area contributed by atoms with E-state index in [1.54, 1.807) is 0 Å². The summed E-state index contributed by atoms with van der Waals surface area (Å²) < 4.78 is 6.58. The van der Waals surface area contributed by atoms with Crippen LogP contribution in [0, 0.1) is 0 Å². The molecule has 8 aromatic carbocycles. The summed E-state index contributed by atoms with van der Waals surface area (Å²) in [6.45, 7) is 0. The first-order chi connectivity index (χ1) is 26.2. The van der Waals surface area contributed by atoms with Gasteiger partial charge in [-0.25, -0.2) is 15.0 Å². The van der Waals surface area contributed by atoms with Gasteiger partial charge in [-0.3, -0.25) is 0 Å². The molecule has 0 N–H and O–H groups in total. The Morgan fingerprint density at radius 3 is 1.45 bits per heavy atom. The molecule has 0 radical (unpaired) electrons. The molecule has 0 saturated carbocycles. The van der Waals surface area contributed by atoms with Crippen molar-refractivity contribution in [3.8, 4) is 67.5 Å². The summed E-state index contributed by atoms with van der Waals surface area (Å²) in [6, 6.07) is 65.1. The van der Waals surface area contributed by atoms with E-state index in [2.05, 4.69) is 158 Å². The van der Waals surface area contributed by atoms with Crippen molar-refractivity contribution in [2.75, 3.05) is 0 Å². The molecule has 2 aromatic heterocycles. The third-order valence-corrected chi connectivity index (χ3v) is 9.94. The lowest BCUT2D eigenvalue weighted by molar-refractivity contribution is 0.672. The molecule has 248 valence electrons. The lowest BCUT2D eigenvalue weighted by atomic mass is 9.95. The SMILES string of the molecule is c1ccc(-c2ccc(-c3nc(-c4cccc(-c5ccccc5)c4)nc(-c4cc5c6ccccc6oc5c5cc(-c6ccccc6)ccc45)n3)cc2)cc1. The number of aromatic nitrogens is 3. The van der Waals surface area contributed by atoms with E-state index in [4.69, 9.17) is 19.4 Å². The van der Waals surface area contributed by atoms with Gasteiger partial charge in [0.1, 0.15) is 11.2 Å². The van der Waals surface area contributed by atoms with Crippen molar-refractivity contribution in [1.82, 2.24) is 15.0 Å². The lowest BCUT2D eigenvalue weighted by Crippen LogP contribution is -2.01. The molecule has 0 atom stereocenters. The summed E-state index contributed by atoms with van der Waals surface area (Å²) in [5.74, 6) is 1.83. The van der Waals surface area contributed by atoms with E-state index < -0.39 is 0 Å². The first-order valence-electron chi connectivity index (χ1n) is 17.8. The summed E-state index contributed by atoms with van der Waals surface area (Å²) in [6.07, 6.45) is 0. The Kier molecular flexibility index (Phi) is 7.43. The summed E-state index contributed by atoms with van der Waals surface area (Å²) in [5, 5.41) is 4.10. The van der Waals surface area contributed by atoms with Crippen LogP contribution in [0.15, 0.2) is 192 Å². The number of hydrogen-bond acceptors (Lipinski definition) is 4. The smallest absolute Gasteiger partial charge is 0.164 e. The Morgan fingerprint density at radius 1 is 0.283 bits per heavy atom. The van der Waals surface area contributed by atoms with Crippen LogP contribution in [0.5, 0.6) is 0 Å². The van der Waals surface area contributed by atoms with Crippen molar-refractivity contribution in [2.24, 2.45) is 0 Å². The van der Waals surface area contributed by atoms with E-state index in [1.165, 1.54) is 0 Å². The fourth-order valence-corrected chi connectivity index (χ4v) is 7.26. The Bertz CT molecular complexity index is 2920. The molecule has 0 spiro atoms. The standard InChI is InChI=1S/C49H31N3O/c1-4-13-32(14-5-1)35-23-25-36(26-24-35)47-50-48(39-20-12-19-37(29-39)33-15-6-2-7-16-33)52-49(51-47)44-31-43-41-21-10-11-22-45(41)53-46(43)42-30-38(27-28-40(42)44)34-17-8-3-9-18-34/h1-31H. The fourth-order valence-electron chi connectivity index (χ4n) is 7.26. The maximum atomic E-state index is 6.58. The Hall–Kier alpha value is -7.17. The van der Waals surface area contributed by atoms with Crippen molar-refractivity contribution in [2.45, 2.75) is 0 Å². The lowest BCUT2D eigenvalue weighted by Gasteiger charge is -2.13. The minimum Gasteiger partial charge on any atom is -0.455 e. The molecule has 10 aromatic rings. The summed E-state index contributed by atoms with van der Waals surface area (Å²) in [4.78, 5) is 15.6. The van der Waals surface area contributed by atoms with Crippen molar-refractivity contribution < 1.29 is 4.42 Å². The highest BCUT2D eigenvalue weighted by molar-refractivity contribution is 6.19. The van der Waals surface area contributed by atoms with E-state index >= 15 is 0 Å². The minimum absolute atomic E-state index is 0.604. The normalized spacial score (nSPS) is 11.4. The molecular formula is C49H31N3O. The Balaban J connectivity index is 1.21. The molecule has 10 rings (SSSR count). The number of furan rings is 1. The van der Waals surface area contributed by atoms with Gasteiger partial charge in [0.15, 0.2) is 17.5 Å². The molecule has 0 aliphatic heterocycles. The number of fused-ring (bicyclic) bond motifs is 5. The second-order valence-corrected chi connectivity index (χ2v) is 13.2. The molecule has 0 bridgehead atoms. The minimum atomic E-state index is 0.604. The highest BCUT2D eigenvalue weighted by Gasteiger charge is 2.20. The van der Waals surface area contributed by atoms with Gasteiger partial charge in [-0.15, -0.1) is 0 Å². The van der Waals surface area contributed by atoms with Crippen molar-refractivity contribution in [3.63, 3.8) is 0 Å². The zero-order valence-corrected chi connectivity index (χ0v) is 28.6. The number of nitrogens with zero attached hydrogens (tertiary/aromatic N) is 3. The molecule has 0 fully saturated rings. The Morgan fingerprint density at radius 2 is 0.755 bits per heavy atom. The van der Waals surface area contributed by atoms with Gasteiger partial charge >= 0.3 is 0 Å². The van der Waals surface area contributed by atoms with Crippen LogP contribution >= 0.6 is 0 Å². The van der Waals surface area contributed by atoms with E-state index in [1.807, 2.05) is 30.3 Å². The van der Waals surface area contributed by atoms with E-state index in [-0.39, 0.29) is 0 Å². The van der Waals surface area contributed by atoms with Crippen molar-refractivity contribution >= 4 is 32.7 Å². The zero-order valence-electron chi connectivity index (χ0n) is 28.6. The second-order valence-electron chi connectivity index (χ2n) is 13.2. The van der Waals surface area contributed by atoms with E-state index in [0.29, 0.717) is 17.5 Å². The van der Waals surface area contributed by atoms with Crippen molar-refractivity contribution in [1.29, 1.82) is 0 Å². The van der Waals surface area contributed by atoms with Gasteiger partial charge in [-0.2, -0.15) is 0 Å². The van der Waals surface area contributed by atoms with Gasteiger partial charge in [-0.1, -0.05) is 164 Å². The van der Waals surface area contributed by atoms with Gasteiger partial charge in [0.05, 0.1) is 0 Å². The average molecular weight is 678 g/mol. The summed E-state index contributed by atoms with van der Waals surface area (Å²) in [5.41, 5.74) is 11.3. The maximum absolute atomic E-state index is 6.58. The molecule has 2 heterocycles. The van der Waals surface area contributed by atoms with Crippen LogP contribution in [-0.2, 0) is 0 Å². The summed E-state index contributed by atoms with van der Waals surface area (Å²) >= 11 is 0. The zero-order chi connectivity index (χ0) is 35.1. The van der Waals surface area contributed by atoms with Gasteiger partial charge in [-0.05, 0) is 63.0 Å². The van der Waals surface area contributed by atoms with Crippen molar-refractivity contribution in [3.05, 3.63) is 188 Å². The quantitative estimate of drug-likeness (QED) is 0.176. The monoisotopic (exact) mass is 677 g/mol. The van der Waals surface area contributed by atoms with Gasteiger partial charge in [0, 0.05) is 32.8 Å². The average Bonchev–Trinajstić information content (AvgIpc) is 3.63. The molecule has 0 unspecified atom stereocenters. The van der Waals surface area contributed by atoms with E-state index in [9.17, 15) is 0 Å². The van der Waals surface area contributed by atoms with Crippen LogP contribution < -0.4 is 0 Å². The molecule has 53 heavy (non-hydrogen) atoms. The molecule has 0 amide bonds. The molecule has 4 heteroatoms. The van der Waals surface area contributed by atoms with Gasteiger partial charge < -0.3 is 4.42 Å².